The van der Waals surface area contributed by atoms with Gasteiger partial charge in [0.05, 0.1) is 18.7 Å². The van der Waals surface area contributed by atoms with Gasteiger partial charge in [0, 0.05) is 18.8 Å². The van der Waals surface area contributed by atoms with Gasteiger partial charge in [-0.2, -0.15) is 13.2 Å². The molecule has 0 aliphatic carbocycles. The SMILES string of the molecule is COc1ccc(NC(C)=O)cc1S(=O)(=O)NCc1nnc2c(C(F)(F)F)cc(Cl)cn12. The molecule has 0 unspecified atom stereocenters. The lowest BCUT2D eigenvalue weighted by molar-refractivity contribution is -0.136. The highest BCUT2D eigenvalue weighted by atomic mass is 35.5. The Morgan fingerprint density at radius 1 is 1.26 bits per heavy atom. The molecular formula is C17H15ClF3N5O4S. The molecule has 0 saturated carbocycles. The van der Waals surface area contributed by atoms with Crippen molar-refractivity contribution < 1.29 is 31.1 Å². The fourth-order valence-electron chi connectivity index (χ4n) is 2.74. The van der Waals surface area contributed by atoms with Crippen LogP contribution in [-0.4, -0.2) is 36.0 Å². The largest absolute Gasteiger partial charge is 0.495 e. The Hall–Kier alpha value is -2.90. The van der Waals surface area contributed by atoms with Crippen molar-refractivity contribution >= 4 is 38.9 Å². The number of pyridine rings is 1. The van der Waals surface area contributed by atoms with Crippen LogP contribution in [0, 0.1) is 0 Å². The Bertz CT molecular complexity index is 1260. The lowest BCUT2D eigenvalue weighted by atomic mass is 10.2. The zero-order valence-electron chi connectivity index (χ0n) is 16.0. The molecule has 1 amide bonds. The van der Waals surface area contributed by atoms with Crippen LogP contribution in [0.4, 0.5) is 18.9 Å². The number of nitrogens with one attached hydrogen (secondary N) is 2. The number of anilines is 1. The molecule has 3 aromatic rings. The zero-order chi connectivity index (χ0) is 23.0. The number of hydrogen-bond donors (Lipinski definition) is 2. The van der Waals surface area contributed by atoms with Gasteiger partial charge in [-0.25, -0.2) is 13.1 Å². The van der Waals surface area contributed by atoms with E-state index in [4.69, 9.17) is 16.3 Å². The molecule has 31 heavy (non-hydrogen) atoms. The molecule has 2 N–H and O–H groups in total. The number of halogens is 4. The number of ether oxygens (including phenoxy) is 1. The Labute approximate surface area is 179 Å². The number of alkyl halides is 3. The third-order valence-corrected chi connectivity index (χ3v) is 5.67. The highest BCUT2D eigenvalue weighted by Crippen LogP contribution is 2.34. The summed E-state index contributed by atoms with van der Waals surface area (Å²) in [5.74, 6) is -0.535. The molecule has 0 aliphatic heterocycles. The van der Waals surface area contributed by atoms with Gasteiger partial charge in [-0.3, -0.25) is 9.20 Å². The number of carbonyl (C=O) groups is 1. The van der Waals surface area contributed by atoms with E-state index >= 15 is 0 Å². The number of amides is 1. The second-order valence-electron chi connectivity index (χ2n) is 6.25. The van der Waals surface area contributed by atoms with E-state index in [9.17, 15) is 26.4 Å². The summed E-state index contributed by atoms with van der Waals surface area (Å²) in [4.78, 5) is 11.0. The van der Waals surface area contributed by atoms with Crippen LogP contribution in [0.25, 0.3) is 5.65 Å². The van der Waals surface area contributed by atoms with Crippen molar-refractivity contribution in [2.45, 2.75) is 24.5 Å². The van der Waals surface area contributed by atoms with Crippen molar-refractivity contribution in [3.05, 3.63) is 46.9 Å². The van der Waals surface area contributed by atoms with Gasteiger partial charge in [0.15, 0.2) is 11.5 Å². The van der Waals surface area contributed by atoms with Crippen LogP contribution >= 0.6 is 11.6 Å². The first-order chi connectivity index (χ1) is 14.4. The summed E-state index contributed by atoms with van der Waals surface area (Å²) in [6, 6.07) is 4.69. The fraction of sp³-hybridized carbons (Fsp3) is 0.235. The standard InChI is InChI=1S/C17H15ClF3N5O4S/c1-9(27)23-11-3-4-13(30-2)14(6-11)31(28,29)22-7-15-24-25-16-12(17(19,20)21)5-10(18)8-26(15)16/h3-6,8,22H,7H2,1-2H3,(H,23,27). The number of sulfonamides is 1. The zero-order valence-corrected chi connectivity index (χ0v) is 17.6. The minimum atomic E-state index is -4.73. The Kier molecular flexibility index (Phi) is 6.11. The summed E-state index contributed by atoms with van der Waals surface area (Å²) in [5, 5.41) is 9.38. The van der Waals surface area contributed by atoms with E-state index in [0.717, 1.165) is 10.6 Å². The number of benzene rings is 1. The molecule has 0 spiro atoms. The molecule has 0 radical (unpaired) electrons. The van der Waals surface area contributed by atoms with E-state index in [-0.39, 0.29) is 27.2 Å². The number of nitrogens with zero attached hydrogens (tertiary/aromatic N) is 3. The van der Waals surface area contributed by atoms with Crippen molar-refractivity contribution in [1.29, 1.82) is 0 Å². The van der Waals surface area contributed by atoms with Gasteiger partial charge in [-0.15, -0.1) is 10.2 Å². The van der Waals surface area contributed by atoms with E-state index in [2.05, 4.69) is 20.2 Å². The lowest BCUT2D eigenvalue weighted by Crippen LogP contribution is -2.25. The van der Waals surface area contributed by atoms with Crippen LogP contribution in [0.5, 0.6) is 5.75 Å². The molecule has 0 saturated heterocycles. The van der Waals surface area contributed by atoms with Gasteiger partial charge >= 0.3 is 6.18 Å². The van der Waals surface area contributed by atoms with Crippen LogP contribution < -0.4 is 14.8 Å². The maximum atomic E-state index is 13.2. The van der Waals surface area contributed by atoms with Crippen LogP contribution in [0.15, 0.2) is 35.4 Å². The summed E-state index contributed by atoms with van der Waals surface area (Å²) < 4.78 is 73.5. The van der Waals surface area contributed by atoms with Crippen molar-refractivity contribution in [3.8, 4) is 5.75 Å². The first-order valence-electron chi connectivity index (χ1n) is 8.48. The van der Waals surface area contributed by atoms with Crippen molar-refractivity contribution in [2.24, 2.45) is 0 Å². The quantitative estimate of drug-likeness (QED) is 0.564. The Balaban J connectivity index is 1.95. The molecule has 1 aromatic carbocycles. The minimum absolute atomic E-state index is 0.00453. The maximum absolute atomic E-state index is 13.2. The monoisotopic (exact) mass is 477 g/mol. The van der Waals surface area contributed by atoms with Crippen molar-refractivity contribution in [1.82, 2.24) is 19.3 Å². The first-order valence-corrected chi connectivity index (χ1v) is 10.3. The Morgan fingerprint density at radius 2 is 1.97 bits per heavy atom. The number of carbonyl (C=O) groups excluding carboxylic acids is 1. The third-order valence-electron chi connectivity index (χ3n) is 4.04. The predicted octanol–water partition coefficient (Wildman–Crippen LogP) is 2.85. The molecule has 0 atom stereocenters. The van der Waals surface area contributed by atoms with Crippen LogP contribution in [0.2, 0.25) is 5.02 Å². The molecule has 0 fully saturated rings. The second-order valence-corrected chi connectivity index (χ2v) is 8.42. The number of methoxy groups -OCH3 is 1. The van der Waals surface area contributed by atoms with E-state index < -0.39 is 39.9 Å². The smallest absolute Gasteiger partial charge is 0.420 e. The second kappa shape index (κ2) is 8.32. The summed E-state index contributed by atoms with van der Waals surface area (Å²) in [6.45, 7) is 0.766. The maximum Gasteiger partial charge on any atom is 0.420 e. The summed E-state index contributed by atoms with van der Waals surface area (Å²) in [7, 11) is -2.95. The third kappa shape index (κ3) is 4.89. The average Bonchev–Trinajstić information content (AvgIpc) is 3.07. The van der Waals surface area contributed by atoms with Crippen molar-refractivity contribution in [2.75, 3.05) is 12.4 Å². The Morgan fingerprint density at radius 3 is 2.58 bits per heavy atom. The van der Waals surface area contributed by atoms with Gasteiger partial charge in [-0.1, -0.05) is 11.6 Å². The molecule has 3 rings (SSSR count). The predicted molar refractivity (Wildman–Crippen MR) is 104 cm³/mol. The highest BCUT2D eigenvalue weighted by Gasteiger charge is 2.35. The molecule has 9 nitrogen and oxygen atoms in total. The molecule has 2 aromatic heterocycles. The lowest BCUT2D eigenvalue weighted by Gasteiger charge is -2.13. The van der Waals surface area contributed by atoms with E-state index in [1.165, 1.54) is 32.2 Å². The molecule has 0 bridgehead atoms. The van der Waals surface area contributed by atoms with Crippen molar-refractivity contribution in [3.63, 3.8) is 0 Å². The highest BCUT2D eigenvalue weighted by molar-refractivity contribution is 7.89. The van der Waals surface area contributed by atoms with E-state index in [1.54, 1.807) is 0 Å². The number of fused-ring (bicyclic) bond motifs is 1. The minimum Gasteiger partial charge on any atom is -0.495 e. The van der Waals surface area contributed by atoms with Gasteiger partial charge in [0.1, 0.15) is 16.2 Å². The summed E-state index contributed by atoms with van der Waals surface area (Å²) in [5.41, 5.74) is -1.41. The van der Waals surface area contributed by atoms with Gasteiger partial charge < -0.3 is 10.1 Å². The van der Waals surface area contributed by atoms with Gasteiger partial charge in [-0.05, 0) is 24.3 Å². The van der Waals surface area contributed by atoms with Crippen LogP contribution in [0.3, 0.4) is 0 Å². The summed E-state index contributed by atoms with van der Waals surface area (Å²) >= 11 is 5.78. The van der Waals surface area contributed by atoms with E-state index in [1.807, 2.05) is 0 Å². The number of hydrogen-bond acceptors (Lipinski definition) is 6. The van der Waals surface area contributed by atoms with E-state index in [0.29, 0.717) is 6.07 Å². The topological polar surface area (TPSA) is 115 Å². The fourth-order valence-corrected chi connectivity index (χ4v) is 4.12. The molecule has 14 heteroatoms. The number of rotatable bonds is 6. The molecule has 166 valence electrons. The molecule has 0 aliphatic rings. The van der Waals surface area contributed by atoms with Gasteiger partial charge in [0.2, 0.25) is 15.9 Å². The molecule has 2 heterocycles. The normalized spacial score (nSPS) is 12.2. The average molecular weight is 478 g/mol. The first kappa shape index (κ1) is 22.8. The van der Waals surface area contributed by atoms with Crippen LogP contribution in [0.1, 0.15) is 18.3 Å². The van der Waals surface area contributed by atoms with Gasteiger partial charge in [0.25, 0.3) is 0 Å². The van der Waals surface area contributed by atoms with Crippen LogP contribution in [-0.2, 0) is 27.5 Å². The number of aromatic nitrogens is 3. The summed E-state index contributed by atoms with van der Waals surface area (Å²) in [6.07, 6.45) is -3.58. The molecular weight excluding hydrogens is 463 g/mol.